The van der Waals surface area contributed by atoms with Crippen LogP contribution < -0.4 is 5.32 Å². The predicted octanol–water partition coefficient (Wildman–Crippen LogP) is -0.0433. The molecule has 0 bridgehead atoms. The Morgan fingerprint density at radius 3 is 2.32 bits per heavy atom. The molecule has 0 aromatic carbocycles. The molecule has 1 fully saturated rings. The summed E-state index contributed by atoms with van der Waals surface area (Å²) >= 11 is 0. The Labute approximate surface area is 111 Å². The van der Waals surface area contributed by atoms with Crippen molar-refractivity contribution in [2.75, 3.05) is 11.5 Å². The molecule has 0 aromatic rings. The van der Waals surface area contributed by atoms with Gasteiger partial charge in [-0.3, -0.25) is 9.59 Å². The largest absolute Gasteiger partial charge is 0.481 e. The van der Waals surface area contributed by atoms with Crippen LogP contribution in [0, 0.1) is 11.8 Å². The maximum atomic E-state index is 12.1. The van der Waals surface area contributed by atoms with Crippen molar-refractivity contribution in [1.82, 2.24) is 5.32 Å². The van der Waals surface area contributed by atoms with Gasteiger partial charge in [0.2, 0.25) is 5.91 Å². The molecule has 1 heterocycles. The Morgan fingerprint density at radius 2 is 1.79 bits per heavy atom. The Morgan fingerprint density at radius 1 is 1.16 bits per heavy atom. The van der Waals surface area contributed by atoms with Crippen LogP contribution in [0.4, 0.5) is 0 Å². The van der Waals surface area contributed by atoms with Crippen molar-refractivity contribution in [3.05, 3.63) is 12.2 Å². The SMILES string of the molecule is O=C(N[C@@H]1CCS(=O)(=O)C1)[C@H]1CC=CC[C@H]1C(=O)O. The molecule has 106 valence electrons. The lowest BCUT2D eigenvalue weighted by Crippen LogP contribution is -2.43. The van der Waals surface area contributed by atoms with E-state index in [4.69, 9.17) is 5.11 Å². The molecule has 1 aliphatic carbocycles. The maximum absolute atomic E-state index is 12.1. The number of carboxylic acid groups (broad SMARTS) is 1. The van der Waals surface area contributed by atoms with Crippen molar-refractivity contribution in [3.8, 4) is 0 Å². The summed E-state index contributed by atoms with van der Waals surface area (Å²) < 4.78 is 22.6. The molecule has 19 heavy (non-hydrogen) atoms. The molecule has 1 amide bonds. The van der Waals surface area contributed by atoms with E-state index >= 15 is 0 Å². The Kier molecular flexibility index (Phi) is 3.93. The average Bonchev–Trinajstić information content (AvgIpc) is 2.68. The number of hydrogen-bond donors (Lipinski definition) is 2. The highest BCUT2D eigenvalue weighted by molar-refractivity contribution is 7.91. The number of carbonyl (C=O) groups is 2. The fourth-order valence-electron chi connectivity index (χ4n) is 2.59. The summed E-state index contributed by atoms with van der Waals surface area (Å²) in [6, 6.07) is -0.377. The molecule has 7 heteroatoms. The van der Waals surface area contributed by atoms with Crippen LogP contribution in [0.1, 0.15) is 19.3 Å². The zero-order valence-corrected chi connectivity index (χ0v) is 11.2. The highest BCUT2D eigenvalue weighted by atomic mass is 32.2. The van der Waals surface area contributed by atoms with Crippen molar-refractivity contribution in [2.45, 2.75) is 25.3 Å². The van der Waals surface area contributed by atoms with Gasteiger partial charge in [-0.2, -0.15) is 0 Å². The smallest absolute Gasteiger partial charge is 0.307 e. The van der Waals surface area contributed by atoms with Gasteiger partial charge in [-0.25, -0.2) is 8.42 Å². The number of amides is 1. The number of rotatable bonds is 3. The summed E-state index contributed by atoms with van der Waals surface area (Å²) in [5, 5.41) is 11.8. The molecular formula is C12H17NO5S. The van der Waals surface area contributed by atoms with E-state index in [9.17, 15) is 18.0 Å². The van der Waals surface area contributed by atoms with Crippen LogP contribution in [-0.2, 0) is 19.4 Å². The molecule has 1 saturated heterocycles. The number of hydrogen-bond acceptors (Lipinski definition) is 4. The zero-order chi connectivity index (χ0) is 14.0. The van der Waals surface area contributed by atoms with E-state index in [0.29, 0.717) is 19.3 Å². The summed E-state index contributed by atoms with van der Waals surface area (Å²) in [6.07, 6.45) is 4.71. The third-order valence-corrected chi connectivity index (χ3v) is 5.43. The van der Waals surface area contributed by atoms with E-state index < -0.39 is 27.6 Å². The number of carbonyl (C=O) groups excluding carboxylic acids is 1. The van der Waals surface area contributed by atoms with Crippen molar-refractivity contribution in [3.63, 3.8) is 0 Å². The number of nitrogens with one attached hydrogen (secondary N) is 1. The van der Waals surface area contributed by atoms with Crippen LogP contribution in [0.3, 0.4) is 0 Å². The molecule has 0 aromatic heterocycles. The fourth-order valence-corrected chi connectivity index (χ4v) is 4.27. The molecule has 0 radical (unpaired) electrons. The van der Waals surface area contributed by atoms with Gasteiger partial charge in [0, 0.05) is 6.04 Å². The number of allylic oxidation sites excluding steroid dienone is 2. The van der Waals surface area contributed by atoms with Crippen LogP contribution in [0.2, 0.25) is 0 Å². The second kappa shape index (κ2) is 5.32. The lowest BCUT2D eigenvalue weighted by Gasteiger charge is -2.25. The third kappa shape index (κ3) is 3.34. The topological polar surface area (TPSA) is 101 Å². The first-order chi connectivity index (χ1) is 8.89. The van der Waals surface area contributed by atoms with Crippen LogP contribution in [0.5, 0.6) is 0 Å². The van der Waals surface area contributed by atoms with E-state index in [1.54, 1.807) is 12.2 Å². The van der Waals surface area contributed by atoms with Crippen molar-refractivity contribution in [1.29, 1.82) is 0 Å². The molecular weight excluding hydrogens is 270 g/mol. The summed E-state index contributed by atoms with van der Waals surface area (Å²) in [7, 11) is -3.05. The second-order valence-electron chi connectivity index (χ2n) is 5.10. The molecule has 2 aliphatic rings. The van der Waals surface area contributed by atoms with Gasteiger partial charge in [0.15, 0.2) is 9.84 Å². The summed E-state index contributed by atoms with van der Waals surface area (Å²) in [5.74, 6) is -2.61. The van der Waals surface area contributed by atoms with Gasteiger partial charge in [-0.1, -0.05) is 12.2 Å². The van der Waals surface area contributed by atoms with Gasteiger partial charge >= 0.3 is 5.97 Å². The van der Waals surface area contributed by atoms with E-state index in [-0.39, 0.29) is 23.5 Å². The Balaban J connectivity index is 1.99. The highest BCUT2D eigenvalue weighted by Gasteiger charge is 2.36. The van der Waals surface area contributed by atoms with E-state index in [0.717, 1.165) is 0 Å². The molecule has 2 rings (SSSR count). The quantitative estimate of drug-likeness (QED) is 0.709. The number of carboxylic acids is 1. The van der Waals surface area contributed by atoms with Crippen LogP contribution in [0.25, 0.3) is 0 Å². The van der Waals surface area contributed by atoms with Gasteiger partial charge in [0.1, 0.15) is 0 Å². The molecule has 1 aliphatic heterocycles. The van der Waals surface area contributed by atoms with Gasteiger partial charge < -0.3 is 10.4 Å². The van der Waals surface area contributed by atoms with E-state index in [1.165, 1.54) is 0 Å². The predicted molar refractivity (Wildman–Crippen MR) is 68.2 cm³/mol. The van der Waals surface area contributed by atoms with Crippen LogP contribution in [-0.4, -0.2) is 42.9 Å². The first-order valence-electron chi connectivity index (χ1n) is 6.27. The Hall–Kier alpha value is -1.37. The van der Waals surface area contributed by atoms with Crippen LogP contribution >= 0.6 is 0 Å². The minimum absolute atomic E-state index is 0.0426. The standard InChI is InChI=1S/C12H17NO5S/c14-11(13-8-5-6-19(17,18)7-8)9-3-1-2-4-10(9)12(15)16/h1-2,8-10H,3-7H2,(H,13,14)(H,15,16)/t8-,9+,10-/m1/s1. The number of sulfone groups is 1. The highest BCUT2D eigenvalue weighted by Crippen LogP contribution is 2.26. The van der Waals surface area contributed by atoms with Crippen LogP contribution in [0.15, 0.2) is 12.2 Å². The maximum Gasteiger partial charge on any atom is 0.307 e. The first-order valence-corrected chi connectivity index (χ1v) is 8.10. The van der Waals surface area contributed by atoms with Gasteiger partial charge in [0.25, 0.3) is 0 Å². The summed E-state index contributed by atoms with van der Waals surface area (Å²) in [4.78, 5) is 23.2. The zero-order valence-electron chi connectivity index (χ0n) is 10.4. The number of aliphatic carboxylic acids is 1. The minimum atomic E-state index is -3.05. The van der Waals surface area contributed by atoms with Gasteiger partial charge in [-0.05, 0) is 19.3 Å². The molecule has 3 atom stereocenters. The van der Waals surface area contributed by atoms with Crippen molar-refractivity contribution >= 4 is 21.7 Å². The second-order valence-corrected chi connectivity index (χ2v) is 7.33. The lowest BCUT2D eigenvalue weighted by atomic mass is 9.82. The molecule has 0 unspecified atom stereocenters. The van der Waals surface area contributed by atoms with Crippen molar-refractivity contribution < 1.29 is 23.1 Å². The summed E-state index contributed by atoms with van der Waals surface area (Å²) in [6.45, 7) is 0. The van der Waals surface area contributed by atoms with Gasteiger partial charge in [-0.15, -0.1) is 0 Å². The lowest BCUT2D eigenvalue weighted by molar-refractivity contribution is -0.147. The fraction of sp³-hybridized carbons (Fsp3) is 0.667. The first kappa shape index (κ1) is 14.0. The minimum Gasteiger partial charge on any atom is -0.481 e. The third-order valence-electron chi connectivity index (χ3n) is 3.67. The summed E-state index contributed by atoms with van der Waals surface area (Å²) in [5.41, 5.74) is 0. The van der Waals surface area contributed by atoms with E-state index in [1.807, 2.05) is 0 Å². The molecule has 6 nitrogen and oxygen atoms in total. The average molecular weight is 287 g/mol. The van der Waals surface area contributed by atoms with E-state index in [2.05, 4.69) is 5.32 Å². The monoisotopic (exact) mass is 287 g/mol. The molecule has 0 spiro atoms. The van der Waals surface area contributed by atoms with Gasteiger partial charge in [0.05, 0.1) is 23.3 Å². The molecule has 0 saturated carbocycles. The van der Waals surface area contributed by atoms with Crippen molar-refractivity contribution in [2.24, 2.45) is 11.8 Å². The normalized spacial score (nSPS) is 32.9. The Bertz CT molecular complexity index is 510. The molecule has 2 N–H and O–H groups in total.